The van der Waals surface area contributed by atoms with E-state index in [4.69, 9.17) is 0 Å². The highest BCUT2D eigenvalue weighted by atomic mass is 79.9. The lowest BCUT2D eigenvalue weighted by Crippen LogP contribution is -2.52. The van der Waals surface area contributed by atoms with Crippen molar-refractivity contribution >= 4 is 21.8 Å². The van der Waals surface area contributed by atoms with Gasteiger partial charge in [0.05, 0.1) is 5.56 Å². The van der Waals surface area contributed by atoms with Gasteiger partial charge in [-0.05, 0) is 25.1 Å². The van der Waals surface area contributed by atoms with Crippen LogP contribution in [0.4, 0.5) is 13.2 Å². The van der Waals surface area contributed by atoms with Gasteiger partial charge in [-0.1, -0.05) is 15.9 Å². The van der Waals surface area contributed by atoms with E-state index in [1.54, 1.807) is 4.90 Å². The van der Waals surface area contributed by atoms with Crippen LogP contribution in [0.2, 0.25) is 0 Å². The Morgan fingerprint density at radius 3 is 2.75 bits per heavy atom. The van der Waals surface area contributed by atoms with E-state index >= 15 is 0 Å². The molecule has 0 saturated carbocycles. The van der Waals surface area contributed by atoms with Gasteiger partial charge >= 0.3 is 6.18 Å². The number of rotatable bonds is 1. The summed E-state index contributed by atoms with van der Waals surface area (Å²) in [5.74, 6) is -0.364. The number of carbonyl (C=O) groups is 1. The second-order valence-corrected chi connectivity index (χ2v) is 5.60. The number of alkyl halides is 3. The quantitative estimate of drug-likeness (QED) is 0.844. The molecule has 1 atom stereocenters. The Morgan fingerprint density at radius 1 is 1.45 bits per heavy atom. The van der Waals surface area contributed by atoms with Gasteiger partial charge in [0.2, 0.25) is 0 Å². The Morgan fingerprint density at radius 2 is 2.15 bits per heavy atom. The van der Waals surface area contributed by atoms with Gasteiger partial charge in [-0.25, -0.2) is 0 Å². The lowest BCUT2D eigenvalue weighted by atomic mass is 10.1. The van der Waals surface area contributed by atoms with Crippen LogP contribution in [0.5, 0.6) is 0 Å². The molecule has 1 amide bonds. The molecule has 0 radical (unpaired) electrons. The first-order valence-corrected chi connectivity index (χ1v) is 6.98. The molecule has 0 aliphatic carbocycles. The summed E-state index contributed by atoms with van der Waals surface area (Å²) in [5.41, 5.74) is -0.764. The fourth-order valence-electron chi connectivity index (χ4n) is 2.18. The number of halogens is 4. The third-order valence-corrected chi connectivity index (χ3v) is 3.97. The zero-order valence-corrected chi connectivity index (χ0v) is 12.4. The van der Waals surface area contributed by atoms with Gasteiger partial charge in [-0.2, -0.15) is 13.2 Å². The van der Waals surface area contributed by atoms with Gasteiger partial charge in [0.1, 0.15) is 0 Å². The molecule has 1 saturated heterocycles. The minimum atomic E-state index is -4.48. The molecule has 2 rings (SSSR count). The molecule has 1 unspecified atom stereocenters. The summed E-state index contributed by atoms with van der Waals surface area (Å²) in [7, 11) is 0. The molecule has 0 spiro atoms. The summed E-state index contributed by atoms with van der Waals surface area (Å²) in [6, 6.07) is 3.55. The van der Waals surface area contributed by atoms with Crippen molar-refractivity contribution in [2.75, 3.05) is 19.6 Å². The SMILES string of the molecule is CC1CNCCN1C(=O)c1ccc(Br)c(C(F)(F)F)c1. The molecule has 1 N–H and O–H groups in total. The van der Waals surface area contributed by atoms with Crippen LogP contribution in [0.1, 0.15) is 22.8 Å². The summed E-state index contributed by atoms with van der Waals surface area (Å²) in [6.07, 6.45) is -4.48. The van der Waals surface area contributed by atoms with Gasteiger partial charge in [-0.3, -0.25) is 4.79 Å². The normalized spacial score (nSPS) is 20.1. The van der Waals surface area contributed by atoms with Crippen LogP contribution in [-0.4, -0.2) is 36.5 Å². The Hall–Kier alpha value is -1.08. The van der Waals surface area contributed by atoms with Crippen molar-refractivity contribution in [2.45, 2.75) is 19.1 Å². The van der Waals surface area contributed by atoms with Crippen molar-refractivity contribution in [1.82, 2.24) is 10.2 Å². The maximum atomic E-state index is 12.8. The van der Waals surface area contributed by atoms with Crippen molar-refractivity contribution in [3.8, 4) is 0 Å². The van der Waals surface area contributed by atoms with Crippen molar-refractivity contribution in [3.63, 3.8) is 0 Å². The molecule has 1 aromatic rings. The average molecular weight is 351 g/mol. The summed E-state index contributed by atoms with van der Waals surface area (Å²) in [4.78, 5) is 13.9. The summed E-state index contributed by atoms with van der Waals surface area (Å²) in [6.45, 7) is 3.66. The van der Waals surface area contributed by atoms with Gasteiger partial charge < -0.3 is 10.2 Å². The highest BCUT2D eigenvalue weighted by molar-refractivity contribution is 9.10. The first-order valence-electron chi connectivity index (χ1n) is 6.19. The molecular weight excluding hydrogens is 337 g/mol. The smallest absolute Gasteiger partial charge is 0.333 e. The van der Waals surface area contributed by atoms with Crippen molar-refractivity contribution < 1.29 is 18.0 Å². The summed E-state index contributed by atoms with van der Waals surface area (Å²) >= 11 is 2.87. The molecule has 0 bridgehead atoms. The summed E-state index contributed by atoms with van der Waals surface area (Å²) in [5, 5.41) is 3.13. The van der Waals surface area contributed by atoms with Crippen LogP contribution in [0, 0.1) is 0 Å². The summed E-state index contributed by atoms with van der Waals surface area (Å²) < 4.78 is 38.5. The Labute approximate surface area is 123 Å². The average Bonchev–Trinajstić information content (AvgIpc) is 2.37. The second kappa shape index (κ2) is 5.73. The van der Waals surface area contributed by atoms with Crippen molar-refractivity contribution in [1.29, 1.82) is 0 Å². The number of amides is 1. The standard InChI is InChI=1S/C13H14BrF3N2O/c1-8-7-18-4-5-19(8)12(20)9-2-3-11(14)10(6-9)13(15,16)17/h2-3,6,8,18H,4-5,7H2,1H3. The highest BCUT2D eigenvalue weighted by Crippen LogP contribution is 2.35. The predicted molar refractivity (Wildman–Crippen MR) is 72.5 cm³/mol. The van der Waals surface area contributed by atoms with E-state index in [2.05, 4.69) is 21.2 Å². The third-order valence-electron chi connectivity index (χ3n) is 3.28. The Kier molecular flexibility index (Phi) is 4.39. The zero-order valence-electron chi connectivity index (χ0n) is 10.8. The molecule has 0 aromatic heterocycles. The Bertz CT molecular complexity index is 519. The number of hydrogen-bond acceptors (Lipinski definition) is 2. The third kappa shape index (κ3) is 3.15. The number of nitrogens with one attached hydrogen (secondary N) is 1. The van der Waals surface area contributed by atoms with Crippen LogP contribution in [0.15, 0.2) is 22.7 Å². The van der Waals surface area contributed by atoms with E-state index in [0.29, 0.717) is 19.6 Å². The molecule has 7 heteroatoms. The number of carbonyl (C=O) groups excluding carboxylic acids is 1. The molecule has 1 aromatic carbocycles. The van der Waals surface area contributed by atoms with Crippen LogP contribution >= 0.6 is 15.9 Å². The van der Waals surface area contributed by atoms with Crippen LogP contribution in [-0.2, 0) is 6.18 Å². The predicted octanol–water partition coefficient (Wildman–Crippen LogP) is 2.90. The maximum absolute atomic E-state index is 12.8. The molecule has 110 valence electrons. The van der Waals surface area contributed by atoms with Crippen molar-refractivity contribution in [3.05, 3.63) is 33.8 Å². The monoisotopic (exact) mass is 350 g/mol. The van der Waals surface area contributed by atoms with Gasteiger partial charge in [-0.15, -0.1) is 0 Å². The molecule has 20 heavy (non-hydrogen) atoms. The van der Waals surface area contributed by atoms with Crippen LogP contribution in [0.3, 0.4) is 0 Å². The van der Waals surface area contributed by atoms with E-state index in [1.165, 1.54) is 12.1 Å². The molecular formula is C13H14BrF3N2O. The minimum Gasteiger partial charge on any atom is -0.333 e. The van der Waals surface area contributed by atoms with E-state index in [0.717, 1.165) is 6.07 Å². The first kappa shape index (κ1) is 15.3. The Balaban J connectivity index is 2.31. The topological polar surface area (TPSA) is 32.3 Å². The van der Waals surface area contributed by atoms with Crippen LogP contribution in [0.25, 0.3) is 0 Å². The number of nitrogens with zero attached hydrogens (tertiary/aromatic N) is 1. The van der Waals surface area contributed by atoms with E-state index in [9.17, 15) is 18.0 Å². The van der Waals surface area contributed by atoms with E-state index in [-0.39, 0.29) is 22.0 Å². The largest absolute Gasteiger partial charge is 0.417 e. The first-order chi connectivity index (χ1) is 9.30. The molecule has 1 aliphatic rings. The lowest BCUT2D eigenvalue weighted by Gasteiger charge is -2.34. The molecule has 3 nitrogen and oxygen atoms in total. The van der Waals surface area contributed by atoms with E-state index in [1.807, 2.05) is 6.92 Å². The van der Waals surface area contributed by atoms with Gasteiger partial charge in [0.15, 0.2) is 0 Å². The zero-order chi connectivity index (χ0) is 14.9. The molecule has 1 heterocycles. The maximum Gasteiger partial charge on any atom is 0.417 e. The molecule has 1 fully saturated rings. The second-order valence-electron chi connectivity index (χ2n) is 4.74. The highest BCUT2D eigenvalue weighted by Gasteiger charge is 2.34. The van der Waals surface area contributed by atoms with Gasteiger partial charge in [0, 0.05) is 35.7 Å². The van der Waals surface area contributed by atoms with Gasteiger partial charge in [0.25, 0.3) is 5.91 Å². The minimum absolute atomic E-state index is 0.0331. The van der Waals surface area contributed by atoms with E-state index < -0.39 is 11.7 Å². The number of hydrogen-bond donors (Lipinski definition) is 1. The molecule has 1 aliphatic heterocycles. The fraction of sp³-hybridized carbons (Fsp3) is 0.462. The number of piperazine rings is 1. The lowest BCUT2D eigenvalue weighted by molar-refractivity contribution is -0.138. The van der Waals surface area contributed by atoms with Crippen LogP contribution < -0.4 is 5.32 Å². The fourth-order valence-corrected chi connectivity index (χ4v) is 2.66. The number of benzene rings is 1. The van der Waals surface area contributed by atoms with Crippen molar-refractivity contribution in [2.24, 2.45) is 0 Å².